The van der Waals surface area contributed by atoms with Gasteiger partial charge in [-0.3, -0.25) is 0 Å². The van der Waals surface area contributed by atoms with Crippen molar-refractivity contribution in [2.45, 2.75) is 27.2 Å². The fourth-order valence-corrected chi connectivity index (χ4v) is 1.95. The molecule has 3 heteroatoms. The van der Waals surface area contributed by atoms with Crippen molar-refractivity contribution >= 4 is 11.0 Å². The number of rotatable bonds is 4. The zero-order chi connectivity index (χ0) is 11.5. The highest BCUT2D eigenvalue weighted by Crippen LogP contribution is 2.18. The summed E-state index contributed by atoms with van der Waals surface area (Å²) in [4.78, 5) is 7.93. The topological polar surface area (TPSA) is 37.9 Å². The first kappa shape index (κ1) is 11.1. The van der Waals surface area contributed by atoms with Gasteiger partial charge in [0, 0.05) is 13.0 Å². The molecule has 16 heavy (non-hydrogen) atoms. The molecule has 0 aliphatic carbocycles. The standard InChI is InChI=1S/C13H18N2O/c1-4-16-6-5-12-14-11-8-9(2)7-10(3)13(11)15-12/h7-8H,4-6H2,1-3H3,(H,14,15). The van der Waals surface area contributed by atoms with E-state index in [0.717, 1.165) is 36.5 Å². The zero-order valence-corrected chi connectivity index (χ0v) is 10.1. The lowest BCUT2D eigenvalue weighted by atomic mass is 10.1. The number of hydrogen-bond acceptors (Lipinski definition) is 2. The van der Waals surface area contributed by atoms with Crippen molar-refractivity contribution in [2.75, 3.05) is 13.2 Å². The van der Waals surface area contributed by atoms with Gasteiger partial charge in [0.15, 0.2) is 0 Å². The number of ether oxygens (including phenoxy) is 1. The SMILES string of the molecule is CCOCCc1nc2c(C)cc(C)cc2[nH]1. The Morgan fingerprint density at radius 2 is 2.12 bits per heavy atom. The monoisotopic (exact) mass is 218 g/mol. The van der Waals surface area contributed by atoms with E-state index in [1.165, 1.54) is 11.1 Å². The van der Waals surface area contributed by atoms with Crippen LogP contribution >= 0.6 is 0 Å². The number of aromatic nitrogens is 2. The van der Waals surface area contributed by atoms with Crippen molar-refractivity contribution in [3.63, 3.8) is 0 Å². The summed E-state index contributed by atoms with van der Waals surface area (Å²) in [5.74, 6) is 1.01. The van der Waals surface area contributed by atoms with Gasteiger partial charge in [0.05, 0.1) is 17.6 Å². The van der Waals surface area contributed by atoms with Crippen LogP contribution in [0.3, 0.4) is 0 Å². The van der Waals surface area contributed by atoms with E-state index in [1.54, 1.807) is 0 Å². The number of nitrogens with zero attached hydrogens (tertiary/aromatic N) is 1. The number of benzene rings is 1. The number of H-pyrrole nitrogens is 1. The van der Waals surface area contributed by atoms with Crippen molar-refractivity contribution in [1.29, 1.82) is 0 Å². The number of fused-ring (bicyclic) bond motifs is 1. The van der Waals surface area contributed by atoms with Crippen LogP contribution in [-0.2, 0) is 11.2 Å². The van der Waals surface area contributed by atoms with Gasteiger partial charge < -0.3 is 9.72 Å². The minimum absolute atomic E-state index is 0.731. The molecular weight excluding hydrogens is 200 g/mol. The summed E-state index contributed by atoms with van der Waals surface area (Å²) in [5, 5.41) is 0. The van der Waals surface area contributed by atoms with Crippen LogP contribution < -0.4 is 0 Å². The molecule has 0 fully saturated rings. The van der Waals surface area contributed by atoms with Gasteiger partial charge in [-0.15, -0.1) is 0 Å². The third kappa shape index (κ3) is 2.25. The second kappa shape index (κ2) is 4.66. The van der Waals surface area contributed by atoms with Crippen LogP contribution in [0.15, 0.2) is 12.1 Å². The number of nitrogens with one attached hydrogen (secondary N) is 1. The molecule has 2 aromatic rings. The Bertz CT molecular complexity index is 488. The largest absolute Gasteiger partial charge is 0.381 e. The van der Waals surface area contributed by atoms with Gasteiger partial charge in [0.1, 0.15) is 5.82 Å². The van der Waals surface area contributed by atoms with Gasteiger partial charge in [-0.05, 0) is 38.0 Å². The molecule has 0 unspecified atom stereocenters. The van der Waals surface area contributed by atoms with E-state index in [9.17, 15) is 0 Å². The molecule has 1 N–H and O–H groups in total. The van der Waals surface area contributed by atoms with Crippen molar-refractivity contribution in [3.05, 3.63) is 29.1 Å². The van der Waals surface area contributed by atoms with E-state index in [-0.39, 0.29) is 0 Å². The molecule has 2 rings (SSSR count). The zero-order valence-electron chi connectivity index (χ0n) is 10.1. The number of hydrogen-bond donors (Lipinski definition) is 1. The van der Waals surface area contributed by atoms with Crippen molar-refractivity contribution < 1.29 is 4.74 Å². The third-order valence-corrected chi connectivity index (χ3v) is 2.66. The molecular formula is C13H18N2O. The minimum atomic E-state index is 0.731. The Balaban J connectivity index is 2.26. The maximum Gasteiger partial charge on any atom is 0.109 e. The van der Waals surface area contributed by atoms with E-state index in [1.807, 2.05) is 6.92 Å². The molecule has 0 amide bonds. The van der Waals surface area contributed by atoms with Crippen molar-refractivity contribution in [2.24, 2.45) is 0 Å². The summed E-state index contributed by atoms with van der Waals surface area (Å²) in [5.41, 5.74) is 4.71. The third-order valence-electron chi connectivity index (χ3n) is 2.66. The fourth-order valence-electron chi connectivity index (χ4n) is 1.95. The minimum Gasteiger partial charge on any atom is -0.381 e. The quantitative estimate of drug-likeness (QED) is 0.801. The molecule has 0 bridgehead atoms. The predicted octanol–water partition coefficient (Wildman–Crippen LogP) is 2.76. The van der Waals surface area contributed by atoms with Gasteiger partial charge >= 0.3 is 0 Å². The van der Waals surface area contributed by atoms with Gasteiger partial charge in [0.25, 0.3) is 0 Å². The molecule has 0 radical (unpaired) electrons. The van der Waals surface area contributed by atoms with Gasteiger partial charge in [-0.1, -0.05) is 6.07 Å². The van der Waals surface area contributed by atoms with Crippen LogP contribution in [0.1, 0.15) is 23.9 Å². The molecule has 0 saturated carbocycles. The first-order valence-corrected chi connectivity index (χ1v) is 5.74. The normalized spacial score (nSPS) is 11.2. The van der Waals surface area contributed by atoms with E-state index >= 15 is 0 Å². The van der Waals surface area contributed by atoms with E-state index in [2.05, 4.69) is 35.9 Å². The number of aryl methyl sites for hydroxylation is 2. The highest BCUT2D eigenvalue weighted by Gasteiger charge is 2.05. The molecule has 0 aliphatic heterocycles. The molecule has 0 saturated heterocycles. The first-order valence-electron chi connectivity index (χ1n) is 5.74. The molecule has 0 aliphatic rings. The molecule has 3 nitrogen and oxygen atoms in total. The average molecular weight is 218 g/mol. The molecule has 0 atom stereocenters. The van der Waals surface area contributed by atoms with Crippen LogP contribution in [0, 0.1) is 13.8 Å². The molecule has 1 aromatic carbocycles. The van der Waals surface area contributed by atoms with E-state index in [4.69, 9.17) is 4.74 Å². The average Bonchev–Trinajstić information content (AvgIpc) is 2.61. The highest BCUT2D eigenvalue weighted by molar-refractivity contribution is 5.79. The number of aromatic amines is 1. The smallest absolute Gasteiger partial charge is 0.109 e. The van der Waals surface area contributed by atoms with Crippen LogP contribution in [0.4, 0.5) is 0 Å². The fraction of sp³-hybridized carbons (Fsp3) is 0.462. The summed E-state index contributed by atoms with van der Waals surface area (Å²) < 4.78 is 5.33. The Morgan fingerprint density at radius 1 is 1.31 bits per heavy atom. The lowest BCUT2D eigenvalue weighted by molar-refractivity contribution is 0.149. The second-order valence-electron chi connectivity index (χ2n) is 4.11. The maximum absolute atomic E-state index is 5.33. The molecule has 1 heterocycles. The van der Waals surface area contributed by atoms with Gasteiger partial charge in [-0.2, -0.15) is 0 Å². The summed E-state index contributed by atoms with van der Waals surface area (Å²) in [6.07, 6.45) is 0.848. The van der Waals surface area contributed by atoms with Crippen LogP contribution in [0.5, 0.6) is 0 Å². The van der Waals surface area contributed by atoms with Crippen LogP contribution in [0.25, 0.3) is 11.0 Å². The molecule has 1 aromatic heterocycles. The Kier molecular flexibility index (Phi) is 3.25. The Hall–Kier alpha value is -1.35. The predicted molar refractivity (Wildman–Crippen MR) is 65.8 cm³/mol. The van der Waals surface area contributed by atoms with E-state index < -0.39 is 0 Å². The summed E-state index contributed by atoms with van der Waals surface area (Å²) in [6, 6.07) is 4.30. The second-order valence-corrected chi connectivity index (χ2v) is 4.11. The van der Waals surface area contributed by atoms with Crippen molar-refractivity contribution in [1.82, 2.24) is 9.97 Å². The lowest BCUT2D eigenvalue weighted by Crippen LogP contribution is -1.99. The Labute approximate surface area is 95.8 Å². The van der Waals surface area contributed by atoms with E-state index in [0.29, 0.717) is 0 Å². The summed E-state index contributed by atoms with van der Waals surface area (Å²) in [6.45, 7) is 7.70. The summed E-state index contributed by atoms with van der Waals surface area (Å²) in [7, 11) is 0. The van der Waals surface area contributed by atoms with Gasteiger partial charge in [0.2, 0.25) is 0 Å². The highest BCUT2D eigenvalue weighted by atomic mass is 16.5. The summed E-state index contributed by atoms with van der Waals surface area (Å²) >= 11 is 0. The van der Waals surface area contributed by atoms with Crippen LogP contribution in [-0.4, -0.2) is 23.2 Å². The molecule has 86 valence electrons. The number of imidazole rings is 1. The lowest BCUT2D eigenvalue weighted by Gasteiger charge is -1.96. The Morgan fingerprint density at radius 3 is 2.88 bits per heavy atom. The first-order chi connectivity index (χ1) is 7.70. The molecule has 0 spiro atoms. The van der Waals surface area contributed by atoms with Crippen molar-refractivity contribution in [3.8, 4) is 0 Å². The maximum atomic E-state index is 5.33. The van der Waals surface area contributed by atoms with Gasteiger partial charge in [-0.25, -0.2) is 4.98 Å². The van der Waals surface area contributed by atoms with Crippen LogP contribution in [0.2, 0.25) is 0 Å².